The number of carboxylic acid groups (broad SMARTS) is 1. The van der Waals surface area contributed by atoms with Gasteiger partial charge in [-0.15, -0.1) is 0 Å². The van der Waals surface area contributed by atoms with E-state index in [2.05, 4.69) is 31.2 Å². The number of ether oxygens (including phenoxy) is 1. The summed E-state index contributed by atoms with van der Waals surface area (Å²) in [6.07, 6.45) is 3.82. The zero-order chi connectivity index (χ0) is 24.5. The number of carbonyl (C=O) groups excluding carboxylic acids is 2. The summed E-state index contributed by atoms with van der Waals surface area (Å²) in [4.78, 5) is 44.8. The normalized spacial score (nSPS) is 21.2. The first-order valence-electron chi connectivity index (χ1n) is 10.5. The van der Waals surface area contributed by atoms with Crippen LogP contribution in [0.5, 0.6) is 0 Å². The largest absolute Gasteiger partial charge is 0.480 e. The first-order chi connectivity index (χ1) is 16.2. The van der Waals surface area contributed by atoms with Gasteiger partial charge in [-0.1, -0.05) is 51.3 Å². The van der Waals surface area contributed by atoms with Gasteiger partial charge in [-0.25, -0.2) is 4.79 Å². The lowest BCUT2D eigenvalue weighted by Gasteiger charge is -2.47. The minimum absolute atomic E-state index is 0.0354. The molecule has 1 unspecified atom stereocenters. The van der Waals surface area contributed by atoms with Gasteiger partial charge >= 0.3 is 5.97 Å². The van der Waals surface area contributed by atoms with Gasteiger partial charge in [0, 0.05) is 43.4 Å². The molecule has 1 saturated heterocycles. The molecule has 1 aliphatic heterocycles. The van der Waals surface area contributed by atoms with Crippen LogP contribution in [-0.4, -0.2) is 57.5 Å². The van der Waals surface area contributed by atoms with Gasteiger partial charge in [0.1, 0.15) is 4.83 Å². The average molecular weight is 569 g/mol. The first-order valence-corrected chi connectivity index (χ1v) is 12.2. The molecule has 1 amide bonds. The molecule has 2 aromatic rings. The number of benzene rings is 1. The highest BCUT2D eigenvalue weighted by molar-refractivity contribution is 9.10. The van der Waals surface area contributed by atoms with Crippen molar-refractivity contribution in [3.05, 3.63) is 57.8 Å². The van der Waals surface area contributed by atoms with Crippen molar-refractivity contribution in [2.24, 2.45) is 10.4 Å². The Morgan fingerprint density at radius 2 is 1.82 bits per heavy atom. The number of aromatic nitrogens is 1. The van der Waals surface area contributed by atoms with Gasteiger partial charge < -0.3 is 15.2 Å². The number of aliphatic imine (C=N–C) groups is 1. The molecular weight excluding hydrogens is 549 g/mol. The fraction of sp³-hybridized carbons (Fsp3) is 0.348. The van der Waals surface area contributed by atoms with Crippen LogP contribution in [0.1, 0.15) is 28.8 Å². The second kappa shape index (κ2) is 10.1. The third kappa shape index (κ3) is 4.75. The number of halogens is 3. The van der Waals surface area contributed by atoms with E-state index in [4.69, 9.17) is 27.9 Å². The minimum atomic E-state index is -1.08. The molecule has 34 heavy (non-hydrogen) atoms. The lowest BCUT2D eigenvalue weighted by atomic mass is 9.61. The van der Waals surface area contributed by atoms with Crippen LogP contribution in [0.3, 0.4) is 0 Å². The van der Waals surface area contributed by atoms with Crippen LogP contribution in [-0.2, 0) is 20.7 Å². The van der Waals surface area contributed by atoms with Crippen molar-refractivity contribution in [3.63, 3.8) is 0 Å². The van der Waals surface area contributed by atoms with E-state index < -0.39 is 28.2 Å². The number of carbonyl (C=O) groups is 3. The molecule has 11 heteroatoms. The van der Waals surface area contributed by atoms with Crippen molar-refractivity contribution in [3.8, 4) is 0 Å². The third-order valence-corrected chi connectivity index (χ3v) is 7.50. The number of rotatable bonds is 6. The van der Waals surface area contributed by atoms with Gasteiger partial charge in [0.05, 0.1) is 21.0 Å². The molecule has 8 nitrogen and oxygen atoms in total. The second-order valence-corrected chi connectivity index (χ2v) is 9.85. The van der Waals surface area contributed by atoms with Crippen LogP contribution in [0, 0.1) is 5.41 Å². The van der Waals surface area contributed by atoms with E-state index in [0.717, 1.165) is 0 Å². The molecule has 1 aromatic heterocycles. The number of aliphatic carboxylic acids is 1. The molecule has 4 rings (SSSR count). The van der Waals surface area contributed by atoms with Crippen LogP contribution in [0.25, 0.3) is 0 Å². The van der Waals surface area contributed by atoms with Gasteiger partial charge in [0.25, 0.3) is 5.91 Å². The average Bonchev–Trinajstić information content (AvgIpc) is 2.82. The van der Waals surface area contributed by atoms with Crippen molar-refractivity contribution < 1.29 is 24.2 Å². The Hall–Kier alpha value is -2.33. The molecule has 0 bridgehead atoms. The number of ketones is 1. The lowest BCUT2D eigenvalue weighted by Crippen LogP contribution is -2.62. The first kappa shape index (κ1) is 24.8. The summed E-state index contributed by atoms with van der Waals surface area (Å²) in [5.41, 5.74) is 1.19. The van der Waals surface area contributed by atoms with Gasteiger partial charge in [-0.05, 0) is 30.5 Å². The zero-order valence-electron chi connectivity index (χ0n) is 17.8. The standard InChI is InChI=1S/C23H20BrCl2N3O5/c24-18-19(23(20(18)30)5-7-34-8-6-23)29-16(22(32)33)9-12-1-3-13(4-2-12)28-21(31)17-14(25)10-27-11-15(17)26/h1-4,10-11,16,18H,5-9H2,(H,28,31)(H,32,33)/t16-,18?/m0/s1. The molecule has 0 radical (unpaired) electrons. The monoisotopic (exact) mass is 567 g/mol. The van der Waals surface area contributed by atoms with Crippen molar-refractivity contribution in [2.75, 3.05) is 18.5 Å². The summed E-state index contributed by atoms with van der Waals surface area (Å²) in [6.45, 7) is 0.899. The van der Waals surface area contributed by atoms with Crippen LogP contribution in [0.4, 0.5) is 5.69 Å². The van der Waals surface area contributed by atoms with Crippen LogP contribution >= 0.6 is 39.1 Å². The van der Waals surface area contributed by atoms with E-state index >= 15 is 0 Å². The molecule has 1 spiro atoms. The molecule has 2 heterocycles. The van der Waals surface area contributed by atoms with Crippen molar-refractivity contribution in [1.82, 2.24) is 4.98 Å². The summed E-state index contributed by atoms with van der Waals surface area (Å²) < 4.78 is 5.37. The summed E-state index contributed by atoms with van der Waals surface area (Å²) in [5.74, 6) is -1.53. The third-order valence-electron chi connectivity index (χ3n) is 6.08. The summed E-state index contributed by atoms with van der Waals surface area (Å²) in [7, 11) is 0. The number of alkyl halides is 1. The van der Waals surface area contributed by atoms with E-state index in [9.17, 15) is 19.5 Å². The number of anilines is 1. The van der Waals surface area contributed by atoms with E-state index in [0.29, 0.717) is 43.0 Å². The number of nitrogens with zero attached hydrogens (tertiary/aromatic N) is 2. The van der Waals surface area contributed by atoms with Gasteiger partial charge in [0.15, 0.2) is 11.8 Å². The lowest BCUT2D eigenvalue weighted by molar-refractivity contribution is -0.138. The Kier molecular flexibility index (Phi) is 7.37. The predicted molar refractivity (Wildman–Crippen MR) is 131 cm³/mol. The van der Waals surface area contributed by atoms with E-state index in [1.807, 2.05) is 0 Å². The number of hydrogen-bond donors (Lipinski definition) is 2. The van der Waals surface area contributed by atoms with Gasteiger partial charge in [-0.3, -0.25) is 19.6 Å². The van der Waals surface area contributed by atoms with Crippen LogP contribution < -0.4 is 5.32 Å². The number of carboxylic acids is 1. The highest BCUT2D eigenvalue weighted by atomic mass is 79.9. The fourth-order valence-corrected chi connectivity index (χ4v) is 5.73. The Labute approximate surface area is 213 Å². The second-order valence-electron chi connectivity index (χ2n) is 8.12. The van der Waals surface area contributed by atoms with E-state index in [-0.39, 0.29) is 27.8 Å². The number of hydrogen-bond acceptors (Lipinski definition) is 6. The molecule has 2 fully saturated rings. The molecular formula is C23H20BrCl2N3O5. The van der Waals surface area contributed by atoms with Gasteiger partial charge in [-0.2, -0.15) is 0 Å². The maximum Gasteiger partial charge on any atom is 0.328 e. The summed E-state index contributed by atoms with van der Waals surface area (Å²) in [6, 6.07) is 5.69. The molecule has 1 saturated carbocycles. The Morgan fingerprint density at radius 1 is 1.21 bits per heavy atom. The number of amides is 1. The maximum absolute atomic E-state index is 12.5. The molecule has 2 atom stereocenters. The van der Waals surface area contributed by atoms with Gasteiger partial charge in [0.2, 0.25) is 0 Å². The Bertz CT molecular complexity index is 1150. The van der Waals surface area contributed by atoms with Crippen molar-refractivity contribution >= 4 is 68.2 Å². The minimum Gasteiger partial charge on any atom is -0.480 e. The SMILES string of the molecule is O=C(Nc1ccc(C[C@H](N=C2C(Br)C(=O)C23CCOCC3)C(=O)O)cc1)c1c(Cl)cncc1Cl. The topological polar surface area (TPSA) is 118 Å². The number of Topliss-reactive ketones (excluding diaryl/α,β-unsaturated/α-hetero) is 1. The molecule has 2 aliphatic rings. The van der Waals surface area contributed by atoms with E-state index in [1.54, 1.807) is 24.3 Å². The van der Waals surface area contributed by atoms with E-state index in [1.165, 1.54) is 12.4 Å². The quantitative estimate of drug-likeness (QED) is 0.504. The Balaban J connectivity index is 1.48. The number of pyridine rings is 1. The fourth-order valence-electron chi connectivity index (χ4n) is 4.19. The smallest absolute Gasteiger partial charge is 0.328 e. The zero-order valence-corrected chi connectivity index (χ0v) is 20.9. The maximum atomic E-state index is 12.5. The van der Waals surface area contributed by atoms with Crippen LogP contribution in [0.2, 0.25) is 10.0 Å². The van der Waals surface area contributed by atoms with Crippen LogP contribution in [0.15, 0.2) is 41.7 Å². The van der Waals surface area contributed by atoms with Crippen molar-refractivity contribution in [1.29, 1.82) is 0 Å². The molecule has 1 aliphatic carbocycles. The number of nitrogens with one attached hydrogen (secondary N) is 1. The van der Waals surface area contributed by atoms with Crippen molar-refractivity contribution in [2.45, 2.75) is 30.1 Å². The highest BCUT2D eigenvalue weighted by Gasteiger charge is 2.59. The highest BCUT2D eigenvalue weighted by Crippen LogP contribution is 2.46. The summed E-state index contributed by atoms with van der Waals surface area (Å²) >= 11 is 15.4. The Morgan fingerprint density at radius 3 is 2.41 bits per heavy atom. The molecule has 1 aromatic carbocycles. The molecule has 2 N–H and O–H groups in total. The predicted octanol–water partition coefficient (Wildman–Crippen LogP) is 4.22. The molecule has 178 valence electrons. The summed E-state index contributed by atoms with van der Waals surface area (Å²) in [5, 5.41) is 12.7.